The van der Waals surface area contributed by atoms with Crippen molar-refractivity contribution in [3.05, 3.63) is 66.2 Å². The van der Waals surface area contributed by atoms with Crippen LogP contribution < -0.4 is 0 Å². The summed E-state index contributed by atoms with van der Waals surface area (Å²) in [5.41, 5.74) is -0.511. The number of benzene rings is 2. The number of aliphatic hydroxyl groups excluding tert-OH is 2. The molecule has 0 saturated carbocycles. The molecule has 0 radical (unpaired) electrons. The molecule has 2 aliphatic rings. The number of ether oxygens (including phenoxy) is 3. The average molecular weight is 374 g/mol. The summed E-state index contributed by atoms with van der Waals surface area (Å²) in [6.45, 7) is 0.0723. The second-order valence-electron chi connectivity index (χ2n) is 6.61. The van der Waals surface area contributed by atoms with Gasteiger partial charge in [0.05, 0.1) is 19.3 Å². The SMILES string of the molecule is OCC12CC(O)[C@H](Sc3ccccc3)OC1COC(c1ccccc1)O2. The standard InChI is InChI=1S/C20H22O5S/c21-13-20-11-16(22)19(26-15-9-5-2-6-10-15)24-17(20)12-23-18(25-20)14-7-3-1-4-8-14/h1-10,16-19,21-22H,11-13H2/t16?,17?,18?,19-,20?/m0/s1. The van der Waals surface area contributed by atoms with Crippen LogP contribution >= 0.6 is 11.8 Å². The molecule has 0 aliphatic carbocycles. The van der Waals surface area contributed by atoms with Crippen molar-refractivity contribution in [2.75, 3.05) is 13.2 Å². The number of fused-ring (bicyclic) bond motifs is 1. The molecule has 6 heteroatoms. The van der Waals surface area contributed by atoms with Crippen LogP contribution in [0.25, 0.3) is 0 Å². The quantitative estimate of drug-likeness (QED) is 0.858. The fraction of sp³-hybridized carbons (Fsp3) is 0.400. The van der Waals surface area contributed by atoms with E-state index in [1.807, 2.05) is 60.7 Å². The first kappa shape index (κ1) is 18.0. The number of hydrogen-bond donors (Lipinski definition) is 2. The molecule has 0 amide bonds. The summed E-state index contributed by atoms with van der Waals surface area (Å²) in [5, 5.41) is 20.7. The zero-order valence-corrected chi connectivity index (χ0v) is 15.0. The van der Waals surface area contributed by atoms with Gasteiger partial charge in [0.15, 0.2) is 6.29 Å². The Balaban J connectivity index is 1.50. The molecule has 2 aromatic carbocycles. The minimum Gasteiger partial charge on any atom is -0.393 e. The van der Waals surface area contributed by atoms with E-state index in [9.17, 15) is 10.2 Å². The van der Waals surface area contributed by atoms with E-state index in [4.69, 9.17) is 14.2 Å². The predicted molar refractivity (Wildman–Crippen MR) is 97.6 cm³/mol. The molecule has 2 heterocycles. The van der Waals surface area contributed by atoms with E-state index >= 15 is 0 Å². The molecule has 0 bridgehead atoms. The molecule has 5 atom stereocenters. The third-order valence-corrected chi connectivity index (χ3v) is 6.03. The van der Waals surface area contributed by atoms with Crippen LogP contribution in [0.2, 0.25) is 0 Å². The normalized spacial score (nSPS) is 34.2. The summed E-state index contributed by atoms with van der Waals surface area (Å²) in [4.78, 5) is 1.02. The molecule has 0 spiro atoms. The third-order valence-electron chi connectivity index (χ3n) is 4.83. The van der Waals surface area contributed by atoms with Crippen LogP contribution in [0.1, 0.15) is 18.3 Å². The predicted octanol–water partition coefficient (Wildman–Crippen LogP) is 2.73. The molecular formula is C20H22O5S. The van der Waals surface area contributed by atoms with E-state index in [0.717, 1.165) is 10.5 Å². The molecule has 2 aliphatic heterocycles. The monoisotopic (exact) mass is 374 g/mol. The molecule has 26 heavy (non-hydrogen) atoms. The van der Waals surface area contributed by atoms with Gasteiger partial charge in [0, 0.05) is 16.9 Å². The average Bonchev–Trinajstić information content (AvgIpc) is 2.70. The first-order valence-electron chi connectivity index (χ1n) is 8.71. The van der Waals surface area contributed by atoms with E-state index in [2.05, 4.69) is 0 Å². The van der Waals surface area contributed by atoms with Crippen LogP contribution in [0.5, 0.6) is 0 Å². The van der Waals surface area contributed by atoms with Gasteiger partial charge in [0.2, 0.25) is 0 Å². The fourth-order valence-electron chi connectivity index (χ4n) is 3.41. The highest BCUT2D eigenvalue weighted by Crippen LogP contribution is 2.44. The van der Waals surface area contributed by atoms with E-state index in [1.54, 1.807) is 0 Å². The van der Waals surface area contributed by atoms with Gasteiger partial charge in [-0.25, -0.2) is 0 Å². The lowest BCUT2D eigenvalue weighted by molar-refractivity contribution is -0.343. The van der Waals surface area contributed by atoms with Gasteiger partial charge < -0.3 is 24.4 Å². The van der Waals surface area contributed by atoms with Gasteiger partial charge in [0.25, 0.3) is 0 Å². The van der Waals surface area contributed by atoms with Crippen molar-refractivity contribution in [2.24, 2.45) is 0 Å². The zero-order valence-electron chi connectivity index (χ0n) is 14.2. The van der Waals surface area contributed by atoms with Crippen molar-refractivity contribution in [2.45, 2.75) is 40.9 Å². The van der Waals surface area contributed by atoms with E-state index in [-0.39, 0.29) is 6.61 Å². The Morgan fingerprint density at radius 1 is 1.04 bits per heavy atom. The maximum Gasteiger partial charge on any atom is 0.184 e. The number of rotatable bonds is 4. The van der Waals surface area contributed by atoms with Crippen LogP contribution in [-0.4, -0.2) is 46.7 Å². The van der Waals surface area contributed by atoms with Gasteiger partial charge >= 0.3 is 0 Å². The highest BCUT2D eigenvalue weighted by molar-refractivity contribution is 7.99. The smallest absolute Gasteiger partial charge is 0.184 e. The van der Waals surface area contributed by atoms with Crippen molar-refractivity contribution in [1.29, 1.82) is 0 Å². The second-order valence-corrected chi connectivity index (χ2v) is 7.78. The molecule has 2 aromatic rings. The highest BCUT2D eigenvalue weighted by Gasteiger charge is 2.53. The van der Waals surface area contributed by atoms with Gasteiger partial charge in [-0.05, 0) is 12.1 Å². The van der Waals surface area contributed by atoms with Gasteiger partial charge in [-0.2, -0.15) is 0 Å². The molecule has 5 nitrogen and oxygen atoms in total. The van der Waals surface area contributed by atoms with Gasteiger partial charge in [-0.3, -0.25) is 0 Å². The molecule has 2 fully saturated rings. The topological polar surface area (TPSA) is 68.2 Å². The summed E-state index contributed by atoms with van der Waals surface area (Å²) in [6, 6.07) is 19.4. The van der Waals surface area contributed by atoms with Crippen molar-refractivity contribution in [3.8, 4) is 0 Å². The lowest BCUT2D eigenvalue weighted by Crippen LogP contribution is -2.63. The second kappa shape index (κ2) is 7.68. The first-order chi connectivity index (χ1) is 12.7. The lowest BCUT2D eigenvalue weighted by atomic mass is 9.87. The Bertz CT molecular complexity index is 713. The summed E-state index contributed by atoms with van der Waals surface area (Å²) in [6.07, 6.45) is -1.46. The van der Waals surface area contributed by atoms with E-state index in [0.29, 0.717) is 13.0 Å². The molecule has 2 N–H and O–H groups in total. The Morgan fingerprint density at radius 2 is 1.73 bits per heavy atom. The Labute approximate surface area is 156 Å². The van der Waals surface area contributed by atoms with Crippen molar-refractivity contribution in [3.63, 3.8) is 0 Å². The van der Waals surface area contributed by atoms with Gasteiger partial charge in [-0.15, -0.1) is 0 Å². The molecule has 0 aromatic heterocycles. The lowest BCUT2D eigenvalue weighted by Gasteiger charge is -2.51. The van der Waals surface area contributed by atoms with E-state index in [1.165, 1.54) is 11.8 Å². The number of aliphatic hydroxyl groups is 2. The Morgan fingerprint density at radius 3 is 2.42 bits per heavy atom. The minimum absolute atomic E-state index is 0.232. The van der Waals surface area contributed by atoms with Crippen molar-refractivity contribution >= 4 is 11.8 Å². The Kier molecular flexibility index (Phi) is 5.31. The maximum atomic E-state index is 10.6. The first-order valence-corrected chi connectivity index (χ1v) is 9.59. The van der Waals surface area contributed by atoms with Crippen LogP contribution in [0, 0.1) is 0 Å². The van der Waals surface area contributed by atoms with Crippen molar-refractivity contribution in [1.82, 2.24) is 0 Å². The minimum atomic E-state index is -0.966. The van der Waals surface area contributed by atoms with E-state index < -0.39 is 29.5 Å². The summed E-state index contributed by atoms with van der Waals surface area (Å²) >= 11 is 1.47. The summed E-state index contributed by atoms with van der Waals surface area (Å²) < 4.78 is 18.0. The number of hydrogen-bond acceptors (Lipinski definition) is 6. The zero-order chi connectivity index (χ0) is 18.0. The summed E-state index contributed by atoms with van der Waals surface area (Å²) in [5.74, 6) is 0. The van der Waals surface area contributed by atoms with Crippen LogP contribution in [0.4, 0.5) is 0 Å². The molecular weight excluding hydrogens is 352 g/mol. The largest absolute Gasteiger partial charge is 0.393 e. The van der Waals surface area contributed by atoms with Crippen LogP contribution in [0.3, 0.4) is 0 Å². The fourth-order valence-corrected chi connectivity index (χ4v) is 4.44. The van der Waals surface area contributed by atoms with Crippen LogP contribution in [-0.2, 0) is 14.2 Å². The van der Waals surface area contributed by atoms with Crippen molar-refractivity contribution < 1.29 is 24.4 Å². The summed E-state index contributed by atoms with van der Waals surface area (Å²) in [7, 11) is 0. The van der Waals surface area contributed by atoms with Crippen LogP contribution in [0.15, 0.2) is 65.6 Å². The molecule has 138 valence electrons. The number of thioether (sulfide) groups is 1. The Hall–Kier alpha value is -1.41. The molecule has 2 saturated heterocycles. The highest BCUT2D eigenvalue weighted by atomic mass is 32.2. The van der Waals surface area contributed by atoms with Gasteiger partial charge in [0.1, 0.15) is 17.1 Å². The molecule has 4 rings (SSSR count). The van der Waals surface area contributed by atoms with Gasteiger partial charge in [-0.1, -0.05) is 60.3 Å². The maximum absolute atomic E-state index is 10.6. The third kappa shape index (κ3) is 3.53. The molecule has 4 unspecified atom stereocenters.